The van der Waals surface area contributed by atoms with E-state index in [0.717, 1.165) is 24.3 Å². The van der Waals surface area contributed by atoms with E-state index >= 15 is 0 Å². The van der Waals surface area contributed by atoms with Gasteiger partial charge in [-0.25, -0.2) is 0 Å². The molecule has 1 amide bonds. The molecule has 3 heterocycles. The van der Waals surface area contributed by atoms with Gasteiger partial charge in [-0.2, -0.15) is 4.98 Å². The number of rotatable bonds is 3. The van der Waals surface area contributed by atoms with Crippen molar-refractivity contribution in [2.24, 2.45) is 0 Å². The summed E-state index contributed by atoms with van der Waals surface area (Å²) in [6.07, 6.45) is 0.531. The predicted molar refractivity (Wildman–Crippen MR) is 90.1 cm³/mol. The Hall–Kier alpha value is -2.61. The predicted octanol–water partition coefficient (Wildman–Crippen LogP) is 0.765. The molecule has 8 nitrogen and oxygen atoms in total. The second-order valence-corrected chi connectivity index (χ2v) is 6.54. The van der Waals surface area contributed by atoms with Crippen molar-refractivity contribution in [1.82, 2.24) is 19.9 Å². The number of carbonyl (C=O) groups is 1. The van der Waals surface area contributed by atoms with Crippen LogP contribution in [0, 0.1) is 6.92 Å². The zero-order chi connectivity index (χ0) is 17.4. The van der Waals surface area contributed by atoms with Crippen molar-refractivity contribution in [3.63, 3.8) is 0 Å². The summed E-state index contributed by atoms with van der Waals surface area (Å²) in [5, 5.41) is 17.1. The number of fused-ring (bicyclic) bond motifs is 1. The molecule has 1 aromatic carbocycles. The Morgan fingerprint density at radius 2 is 2.16 bits per heavy atom. The topological polar surface area (TPSA) is 94.7 Å². The quantitative estimate of drug-likeness (QED) is 0.850. The molecular formula is C17H21N5O3. The Kier molecular flexibility index (Phi) is 4.04. The number of amides is 1. The lowest BCUT2D eigenvalue weighted by Crippen LogP contribution is -2.52. The van der Waals surface area contributed by atoms with Crippen LogP contribution in [-0.2, 0) is 17.8 Å². The number of benzene rings is 1. The Bertz CT molecular complexity index is 782. The smallest absolute Gasteiger partial charge is 0.245 e. The molecule has 2 aromatic rings. The van der Waals surface area contributed by atoms with Gasteiger partial charge in [0.05, 0.1) is 6.54 Å². The van der Waals surface area contributed by atoms with Crippen molar-refractivity contribution < 1.29 is 14.4 Å². The van der Waals surface area contributed by atoms with Crippen molar-refractivity contribution in [2.45, 2.75) is 25.9 Å². The van der Waals surface area contributed by atoms with Gasteiger partial charge in [0.2, 0.25) is 11.8 Å². The molecular weight excluding hydrogens is 322 g/mol. The van der Waals surface area contributed by atoms with E-state index in [1.165, 1.54) is 0 Å². The van der Waals surface area contributed by atoms with Crippen molar-refractivity contribution >= 4 is 11.6 Å². The second kappa shape index (κ2) is 6.36. The fourth-order valence-electron chi connectivity index (χ4n) is 3.47. The van der Waals surface area contributed by atoms with Crippen LogP contribution in [-0.4, -0.2) is 63.2 Å². The molecule has 132 valence electrons. The molecule has 0 spiro atoms. The van der Waals surface area contributed by atoms with Crippen molar-refractivity contribution in [1.29, 1.82) is 0 Å². The van der Waals surface area contributed by atoms with Gasteiger partial charge in [0.25, 0.3) is 0 Å². The van der Waals surface area contributed by atoms with Crippen molar-refractivity contribution in [2.75, 3.05) is 31.5 Å². The van der Waals surface area contributed by atoms with E-state index in [-0.39, 0.29) is 17.7 Å². The minimum absolute atomic E-state index is 0.0886. The molecule has 0 aliphatic carbocycles. The van der Waals surface area contributed by atoms with E-state index in [9.17, 15) is 9.90 Å². The summed E-state index contributed by atoms with van der Waals surface area (Å²) in [6, 6.07) is 5.04. The van der Waals surface area contributed by atoms with E-state index < -0.39 is 0 Å². The lowest BCUT2D eigenvalue weighted by Gasteiger charge is -2.35. The van der Waals surface area contributed by atoms with E-state index in [0.29, 0.717) is 37.8 Å². The number of piperazine rings is 1. The summed E-state index contributed by atoms with van der Waals surface area (Å²) in [4.78, 5) is 21.1. The summed E-state index contributed by atoms with van der Waals surface area (Å²) in [6.45, 7) is 5.33. The maximum atomic E-state index is 12.8. The Labute approximate surface area is 145 Å². The lowest BCUT2D eigenvalue weighted by atomic mass is 10.1. The molecule has 8 heteroatoms. The molecule has 1 atom stereocenters. The zero-order valence-electron chi connectivity index (χ0n) is 14.1. The number of hydrogen-bond donors (Lipinski definition) is 2. The minimum atomic E-state index is -0.297. The average molecular weight is 343 g/mol. The van der Waals surface area contributed by atoms with Crippen LogP contribution >= 0.6 is 0 Å². The number of phenolic OH excluding ortho intramolecular Hbond substituents is 1. The van der Waals surface area contributed by atoms with Gasteiger partial charge >= 0.3 is 0 Å². The van der Waals surface area contributed by atoms with Gasteiger partial charge in [-0.3, -0.25) is 9.69 Å². The summed E-state index contributed by atoms with van der Waals surface area (Å²) in [5.74, 6) is 1.59. The highest BCUT2D eigenvalue weighted by molar-refractivity contribution is 5.88. The molecule has 25 heavy (non-hydrogen) atoms. The standard InChI is InChI=1S/C17H21N5O3/c1-11-18-16(20-25-11)10-21-5-7-22(8-6-21)17(24)14-9-12-13(19-14)3-2-4-15(12)23/h2-4,14,19,23H,5-10H2,1H3. The maximum Gasteiger partial charge on any atom is 0.245 e. The molecule has 4 rings (SSSR count). The maximum absolute atomic E-state index is 12.8. The van der Waals surface area contributed by atoms with Crippen LogP contribution in [0.15, 0.2) is 22.7 Å². The fraction of sp³-hybridized carbons (Fsp3) is 0.471. The molecule has 1 aromatic heterocycles. The minimum Gasteiger partial charge on any atom is -0.508 e. The SMILES string of the molecule is Cc1nc(CN2CCN(C(=O)C3Cc4c(O)cccc4N3)CC2)no1. The van der Waals surface area contributed by atoms with Gasteiger partial charge in [-0.1, -0.05) is 11.2 Å². The number of carbonyl (C=O) groups excluding carboxylic acids is 1. The molecule has 0 saturated carbocycles. The number of phenols is 1. The molecule has 2 N–H and O–H groups in total. The first kappa shape index (κ1) is 15.9. The molecule has 0 radical (unpaired) electrons. The van der Waals surface area contributed by atoms with Crippen LogP contribution in [0.1, 0.15) is 17.3 Å². The molecule has 2 aliphatic heterocycles. The number of nitrogens with zero attached hydrogens (tertiary/aromatic N) is 4. The number of anilines is 1. The molecule has 2 aliphatic rings. The van der Waals surface area contributed by atoms with Crippen LogP contribution in [0.4, 0.5) is 5.69 Å². The average Bonchev–Trinajstić information content (AvgIpc) is 3.22. The number of aromatic hydroxyl groups is 1. The highest BCUT2D eigenvalue weighted by Crippen LogP contribution is 2.33. The molecule has 0 bridgehead atoms. The van der Waals surface area contributed by atoms with Gasteiger partial charge in [-0.15, -0.1) is 0 Å². The van der Waals surface area contributed by atoms with Crippen molar-refractivity contribution in [3.8, 4) is 5.75 Å². The van der Waals surface area contributed by atoms with Crippen LogP contribution in [0.25, 0.3) is 0 Å². The van der Waals surface area contributed by atoms with Crippen LogP contribution in [0.3, 0.4) is 0 Å². The lowest BCUT2D eigenvalue weighted by molar-refractivity contribution is -0.133. The van der Waals surface area contributed by atoms with E-state index in [4.69, 9.17) is 4.52 Å². The number of hydrogen-bond acceptors (Lipinski definition) is 7. The highest BCUT2D eigenvalue weighted by atomic mass is 16.5. The first-order valence-electron chi connectivity index (χ1n) is 8.48. The summed E-state index contributed by atoms with van der Waals surface area (Å²) >= 11 is 0. The third-order valence-electron chi connectivity index (χ3n) is 4.81. The Morgan fingerprint density at radius 3 is 2.84 bits per heavy atom. The Balaban J connectivity index is 1.32. The van der Waals surface area contributed by atoms with Gasteiger partial charge in [-0.05, 0) is 12.1 Å². The summed E-state index contributed by atoms with van der Waals surface area (Å²) in [7, 11) is 0. The first-order valence-corrected chi connectivity index (χ1v) is 8.48. The first-order chi connectivity index (χ1) is 12.1. The van der Waals surface area contributed by atoms with Gasteiger partial charge in [0.1, 0.15) is 11.8 Å². The largest absolute Gasteiger partial charge is 0.508 e. The molecule has 1 saturated heterocycles. The van der Waals surface area contributed by atoms with Crippen LogP contribution in [0.5, 0.6) is 5.75 Å². The van der Waals surface area contributed by atoms with Crippen molar-refractivity contribution in [3.05, 3.63) is 35.5 Å². The van der Waals surface area contributed by atoms with Gasteiger partial charge < -0.3 is 19.8 Å². The van der Waals surface area contributed by atoms with Gasteiger partial charge in [0, 0.05) is 50.8 Å². The van der Waals surface area contributed by atoms with E-state index in [1.54, 1.807) is 19.1 Å². The summed E-state index contributed by atoms with van der Waals surface area (Å²) in [5.41, 5.74) is 1.68. The highest BCUT2D eigenvalue weighted by Gasteiger charge is 2.33. The zero-order valence-corrected chi connectivity index (χ0v) is 14.1. The molecule has 1 fully saturated rings. The number of aromatic nitrogens is 2. The third-order valence-corrected chi connectivity index (χ3v) is 4.81. The third kappa shape index (κ3) is 3.17. The Morgan fingerprint density at radius 1 is 1.36 bits per heavy atom. The number of nitrogens with one attached hydrogen (secondary N) is 1. The normalized spacial score (nSPS) is 20.4. The second-order valence-electron chi connectivity index (χ2n) is 6.54. The van der Waals surface area contributed by atoms with Gasteiger partial charge in [0.15, 0.2) is 5.82 Å². The monoisotopic (exact) mass is 343 g/mol. The number of aryl methyl sites for hydroxylation is 1. The van der Waals surface area contributed by atoms with E-state index in [2.05, 4.69) is 20.4 Å². The van der Waals surface area contributed by atoms with Crippen LogP contribution < -0.4 is 5.32 Å². The van der Waals surface area contributed by atoms with Crippen LogP contribution in [0.2, 0.25) is 0 Å². The molecule has 1 unspecified atom stereocenters. The summed E-state index contributed by atoms with van der Waals surface area (Å²) < 4.78 is 4.99. The van der Waals surface area contributed by atoms with E-state index in [1.807, 2.05) is 11.0 Å². The fourth-order valence-corrected chi connectivity index (χ4v) is 3.47.